The van der Waals surface area contributed by atoms with Crippen LogP contribution >= 0.6 is 15.9 Å². The zero-order chi connectivity index (χ0) is 13.0. The maximum Gasteiger partial charge on any atom is 0.223 e. The van der Waals surface area contributed by atoms with Gasteiger partial charge in [0.2, 0.25) is 5.91 Å². The van der Waals surface area contributed by atoms with Gasteiger partial charge in [-0.15, -0.1) is 0 Å². The lowest BCUT2D eigenvalue weighted by molar-refractivity contribution is -0.125. The summed E-state index contributed by atoms with van der Waals surface area (Å²) in [4.78, 5) is 12.0. The number of benzene rings is 1. The Morgan fingerprint density at radius 3 is 2.83 bits per heavy atom. The van der Waals surface area contributed by atoms with E-state index in [1.165, 1.54) is 11.1 Å². The molecule has 2 N–H and O–H groups in total. The summed E-state index contributed by atoms with van der Waals surface area (Å²) in [6, 6.07) is 6.15. The van der Waals surface area contributed by atoms with Crippen molar-refractivity contribution in [1.29, 1.82) is 0 Å². The number of hydrogen-bond donors (Lipinski definition) is 2. The van der Waals surface area contributed by atoms with E-state index in [9.17, 15) is 4.79 Å². The molecule has 1 saturated heterocycles. The van der Waals surface area contributed by atoms with Crippen molar-refractivity contribution >= 4 is 21.8 Å². The molecule has 0 bridgehead atoms. The fourth-order valence-electron chi connectivity index (χ4n) is 2.27. The molecule has 0 spiro atoms. The van der Waals surface area contributed by atoms with Gasteiger partial charge in [-0.2, -0.15) is 0 Å². The molecule has 1 aromatic rings. The molecule has 1 amide bonds. The first-order valence-electron chi connectivity index (χ1n) is 6.40. The quantitative estimate of drug-likeness (QED) is 0.900. The smallest absolute Gasteiger partial charge is 0.223 e. The van der Waals surface area contributed by atoms with E-state index in [0.29, 0.717) is 6.54 Å². The van der Waals surface area contributed by atoms with Gasteiger partial charge in [0.25, 0.3) is 0 Å². The second kappa shape index (κ2) is 6.34. The van der Waals surface area contributed by atoms with Crippen LogP contribution in [0.4, 0.5) is 0 Å². The number of nitrogens with one attached hydrogen (secondary N) is 2. The predicted molar refractivity (Wildman–Crippen MR) is 76.3 cm³/mol. The topological polar surface area (TPSA) is 41.1 Å². The summed E-state index contributed by atoms with van der Waals surface area (Å²) in [6.45, 7) is 4.60. The third kappa shape index (κ3) is 3.56. The highest BCUT2D eigenvalue weighted by Crippen LogP contribution is 2.16. The number of aryl methyl sites for hydroxylation is 1. The minimum atomic E-state index is 0.182. The Kier molecular flexibility index (Phi) is 4.78. The van der Waals surface area contributed by atoms with Crippen molar-refractivity contribution in [2.24, 2.45) is 5.92 Å². The van der Waals surface area contributed by atoms with Crippen molar-refractivity contribution in [2.75, 3.05) is 13.1 Å². The summed E-state index contributed by atoms with van der Waals surface area (Å²) < 4.78 is 1.08. The number of carbonyl (C=O) groups excluding carboxylic acids is 1. The maximum absolute atomic E-state index is 12.0. The zero-order valence-corrected chi connectivity index (χ0v) is 12.2. The molecule has 1 fully saturated rings. The van der Waals surface area contributed by atoms with Crippen LogP contribution in [0, 0.1) is 12.8 Å². The van der Waals surface area contributed by atoms with Crippen LogP contribution in [0.3, 0.4) is 0 Å². The number of amides is 1. The molecule has 2 rings (SSSR count). The molecule has 4 heteroatoms. The predicted octanol–water partition coefficient (Wildman–Crippen LogP) is 2.37. The van der Waals surface area contributed by atoms with Crippen LogP contribution in [0.1, 0.15) is 24.0 Å². The van der Waals surface area contributed by atoms with Gasteiger partial charge in [0.15, 0.2) is 0 Å². The first kappa shape index (κ1) is 13.6. The van der Waals surface area contributed by atoms with Crippen molar-refractivity contribution in [1.82, 2.24) is 10.6 Å². The number of rotatable bonds is 3. The Hall–Kier alpha value is -0.870. The fourth-order valence-corrected chi connectivity index (χ4v) is 2.74. The monoisotopic (exact) mass is 310 g/mol. The second-order valence-corrected chi connectivity index (χ2v) is 5.73. The number of hydrogen-bond acceptors (Lipinski definition) is 2. The van der Waals surface area contributed by atoms with E-state index in [-0.39, 0.29) is 11.8 Å². The van der Waals surface area contributed by atoms with Gasteiger partial charge in [-0.05, 0) is 56.1 Å². The van der Waals surface area contributed by atoms with E-state index < -0.39 is 0 Å². The molecule has 0 atom stereocenters. The van der Waals surface area contributed by atoms with Gasteiger partial charge in [-0.3, -0.25) is 4.79 Å². The highest BCUT2D eigenvalue weighted by atomic mass is 79.9. The molecule has 18 heavy (non-hydrogen) atoms. The minimum Gasteiger partial charge on any atom is -0.352 e. The van der Waals surface area contributed by atoms with E-state index in [1.54, 1.807) is 0 Å². The van der Waals surface area contributed by atoms with Gasteiger partial charge in [0, 0.05) is 16.9 Å². The molecule has 0 aliphatic carbocycles. The van der Waals surface area contributed by atoms with Crippen molar-refractivity contribution in [2.45, 2.75) is 26.3 Å². The molecule has 1 aliphatic rings. The average Bonchev–Trinajstić information content (AvgIpc) is 2.38. The van der Waals surface area contributed by atoms with Gasteiger partial charge in [0.05, 0.1) is 0 Å². The Bertz CT molecular complexity index is 428. The highest BCUT2D eigenvalue weighted by molar-refractivity contribution is 9.10. The summed E-state index contributed by atoms with van der Waals surface area (Å²) in [7, 11) is 0. The molecule has 3 nitrogen and oxygen atoms in total. The Morgan fingerprint density at radius 1 is 1.44 bits per heavy atom. The maximum atomic E-state index is 12.0. The lowest BCUT2D eigenvalue weighted by atomic mass is 9.97. The van der Waals surface area contributed by atoms with Gasteiger partial charge in [-0.25, -0.2) is 0 Å². The highest BCUT2D eigenvalue weighted by Gasteiger charge is 2.20. The van der Waals surface area contributed by atoms with Crippen LogP contribution in [0.2, 0.25) is 0 Å². The van der Waals surface area contributed by atoms with E-state index in [0.717, 1.165) is 30.4 Å². The van der Waals surface area contributed by atoms with Crippen LogP contribution in [-0.4, -0.2) is 19.0 Å². The summed E-state index contributed by atoms with van der Waals surface area (Å²) in [6.07, 6.45) is 1.90. The minimum absolute atomic E-state index is 0.182. The summed E-state index contributed by atoms with van der Waals surface area (Å²) in [5.41, 5.74) is 2.38. The Balaban J connectivity index is 1.88. The number of halogens is 1. The molecule has 0 unspecified atom stereocenters. The molecule has 1 aliphatic heterocycles. The molecule has 98 valence electrons. The van der Waals surface area contributed by atoms with Crippen LogP contribution < -0.4 is 10.6 Å². The lowest BCUT2D eigenvalue weighted by Gasteiger charge is -2.22. The van der Waals surface area contributed by atoms with Crippen molar-refractivity contribution in [3.63, 3.8) is 0 Å². The van der Waals surface area contributed by atoms with Gasteiger partial charge < -0.3 is 10.6 Å². The van der Waals surface area contributed by atoms with Gasteiger partial charge in [0.1, 0.15) is 0 Å². The first-order valence-corrected chi connectivity index (χ1v) is 7.19. The second-order valence-electron chi connectivity index (χ2n) is 4.81. The van der Waals surface area contributed by atoms with Crippen LogP contribution in [0.25, 0.3) is 0 Å². The van der Waals surface area contributed by atoms with Crippen molar-refractivity contribution in [3.8, 4) is 0 Å². The van der Waals surface area contributed by atoms with Crippen LogP contribution in [0.15, 0.2) is 22.7 Å². The summed E-state index contributed by atoms with van der Waals surface area (Å²) >= 11 is 3.44. The van der Waals surface area contributed by atoms with E-state index >= 15 is 0 Å². The van der Waals surface area contributed by atoms with E-state index in [4.69, 9.17) is 0 Å². The largest absolute Gasteiger partial charge is 0.352 e. The fraction of sp³-hybridized carbons (Fsp3) is 0.500. The SMILES string of the molecule is Cc1cc(Br)ccc1CNC(=O)C1CCNCC1. The number of piperidine rings is 1. The third-order valence-corrected chi connectivity index (χ3v) is 3.96. The molecule has 1 heterocycles. The molecular formula is C14H19BrN2O. The number of carbonyl (C=O) groups is 1. The molecule has 0 radical (unpaired) electrons. The van der Waals surface area contributed by atoms with Crippen LogP contribution in [-0.2, 0) is 11.3 Å². The van der Waals surface area contributed by atoms with E-state index in [2.05, 4.69) is 45.6 Å². The van der Waals surface area contributed by atoms with Crippen molar-refractivity contribution < 1.29 is 4.79 Å². The first-order chi connectivity index (χ1) is 8.66. The summed E-state index contributed by atoms with van der Waals surface area (Å²) in [5.74, 6) is 0.376. The standard InChI is InChI=1S/C14H19BrN2O/c1-10-8-13(15)3-2-12(10)9-17-14(18)11-4-6-16-7-5-11/h2-3,8,11,16H,4-7,9H2,1H3,(H,17,18). The van der Waals surface area contributed by atoms with Gasteiger partial charge >= 0.3 is 0 Å². The summed E-state index contributed by atoms with van der Waals surface area (Å²) in [5, 5.41) is 6.32. The van der Waals surface area contributed by atoms with Crippen LogP contribution in [0.5, 0.6) is 0 Å². The molecule has 0 aromatic heterocycles. The van der Waals surface area contributed by atoms with Gasteiger partial charge in [-0.1, -0.05) is 22.0 Å². The third-order valence-electron chi connectivity index (χ3n) is 3.47. The molecule has 0 saturated carbocycles. The molecule has 1 aromatic carbocycles. The average molecular weight is 311 g/mol. The van der Waals surface area contributed by atoms with Crippen molar-refractivity contribution in [3.05, 3.63) is 33.8 Å². The zero-order valence-electron chi connectivity index (χ0n) is 10.6. The Labute approximate surface area is 116 Å². The normalized spacial score (nSPS) is 16.6. The molecular weight excluding hydrogens is 292 g/mol. The lowest BCUT2D eigenvalue weighted by Crippen LogP contribution is -2.37. The Morgan fingerprint density at radius 2 is 2.17 bits per heavy atom. The van der Waals surface area contributed by atoms with E-state index in [1.807, 2.05) is 6.07 Å².